The van der Waals surface area contributed by atoms with Crippen molar-refractivity contribution in [2.45, 2.75) is 58.4 Å². The van der Waals surface area contributed by atoms with Crippen molar-refractivity contribution in [1.29, 1.82) is 0 Å². The van der Waals surface area contributed by atoms with Crippen LogP contribution >= 0.6 is 0 Å². The molecule has 116 valence electrons. The van der Waals surface area contributed by atoms with Gasteiger partial charge in [-0.25, -0.2) is 0 Å². The number of benzene rings is 1. The molecule has 0 bridgehead atoms. The third-order valence-corrected chi connectivity index (χ3v) is 5.33. The summed E-state index contributed by atoms with van der Waals surface area (Å²) in [5.74, 6) is 7.64. The predicted molar refractivity (Wildman–Crippen MR) is 86.1 cm³/mol. The highest BCUT2D eigenvalue weighted by molar-refractivity contribution is 5.44. The van der Waals surface area contributed by atoms with E-state index in [1.165, 1.54) is 36.8 Å². The fourth-order valence-corrected chi connectivity index (χ4v) is 3.89. The average molecular weight is 288 g/mol. The van der Waals surface area contributed by atoms with Gasteiger partial charge in [0, 0.05) is 5.56 Å². The number of aryl methyl sites for hydroxylation is 1. The van der Waals surface area contributed by atoms with Gasteiger partial charge in [-0.2, -0.15) is 0 Å². The first kappa shape index (κ1) is 14.9. The topological polar surface area (TPSA) is 47.3 Å². The van der Waals surface area contributed by atoms with Gasteiger partial charge in [0.2, 0.25) is 0 Å². The van der Waals surface area contributed by atoms with Crippen LogP contribution in [0.1, 0.15) is 63.1 Å². The minimum absolute atomic E-state index is 0.217. The number of hydrogen-bond acceptors (Lipinski definition) is 3. The highest BCUT2D eigenvalue weighted by Gasteiger charge is 2.33. The molecule has 1 saturated carbocycles. The lowest BCUT2D eigenvalue weighted by Gasteiger charge is -2.38. The van der Waals surface area contributed by atoms with Gasteiger partial charge >= 0.3 is 0 Å². The van der Waals surface area contributed by atoms with Crippen LogP contribution < -0.4 is 16.0 Å². The molecule has 1 aromatic carbocycles. The molecule has 1 aromatic rings. The van der Waals surface area contributed by atoms with Crippen molar-refractivity contribution in [3.63, 3.8) is 0 Å². The average Bonchev–Trinajstić information content (AvgIpc) is 2.50. The Kier molecular flexibility index (Phi) is 4.23. The Morgan fingerprint density at radius 3 is 2.76 bits per heavy atom. The van der Waals surface area contributed by atoms with Crippen LogP contribution in [0.3, 0.4) is 0 Å². The van der Waals surface area contributed by atoms with Crippen LogP contribution in [0.2, 0.25) is 0 Å². The largest absolute Gasteiger partial charge is 0.493 e. The molecule has 3 N–H and O–H groups in total. The third-order valence-electron chi connectivity index (χ3n) is 5.33. The minimum Gasteiger partial charge on any atom is -0.493 e. The molecule has 1 aliphatic carbocycles. The van der Waals surface area contributed by atoms with Crippen LogP contribution in [-0.4, -0.2) is 6.61 Å². The van der Waals surface area contributed by atoms with E-state index in [0.29, 0.717) is 11.3 Å². The minimum atomic E-state index is 0.217. The van der Waals surface area contributed by atoms with Crippen molar-refractivity contribution in [3.8, 4) is 5.75 Å². The van der Waals surface area contributed by atoms with E-state index in [9.17, 15) is 0 Å². The number of nitrogens with one attached hydrogen (secondary N) is 1. The maximum absolute atomic E-state index is 5.97. The van der Waals surface area contributed by atoms with Crippen LogP contribution in [0.5, 0.6) is 5.75 Å². The second-order valence-corrected chi connectivity index (χ2v) is 7.43. The SMILES string of the molecule is CC1(C)CCC(C(NN)c2cccc3c2OCCC3)CC1. The second-order valence-electron chi connectivity index (χ2n) is 7.43. The van der Waals surface area contributed by atoms with Gasteiger partial charge in [0.1, 0.15) is 5.75 Å². The molecular weight excluding hydrogens is 260 g/mol. The number of para-hydroxylation sites is 1. The molecule has 3 nitrogen and oxygen atoms in total. The standard InChI is InChI=1S/C18H28N2O/c1-18(2)10-8-13(9-11-18)16(20-19)15-7-3-5-14-6-4-12-21-17(14)15/h3,5,7,13,16,20H,4,6,8-12,19H2,1-2H3. The molecule has 0 saturated heterocycles. The normalized spacial score (nSPS) is 23.2. The van der Waals surface area contributed by atoms with E-state index in [2.05, 4.69) is 37.5 Å². The Labute approximate surface area is 128 Å². The molecule has 21 heavy (non-hydrogen) atoms. The van der Waals surface area contributed by atoms with Crippen LogP contribution in [0.15, 0.2) is 18.2 Å². The third kappa shape index (κ3) is 3.09. The molecule has 0 radical (unpaired) electrons. The van der Waals surface area contributed by atoms with E-state index < -0.39 is 0 Å². The summed E-state index contributed by atoms with van der Waals surface area (Å²) in [5.41, 5.74) is 6.18. The maximum atomic E-state index is 5.97. The van der Waals surface area contributed by atoms with Crippen LogP contribution in [0.4, 0.5) is 0 Å². The van der Waals surface area contributed by atoms with Gasteiger partial charge in [-0.05, 0) is 55.4 Å². The lowest BCUT2D eigenvalue weighted by Crippen LogP contribution is -2.37. The van der Waals surface area contributed by atoms with Gasteiger partial charge in [0.05, 0.1) is 12.6 Å². The number of ether oxygens (including phenoxy) is 1. The Morgan fingerprint density at radius 1 is 1.29 bits per heavy atom. The lowest BCUT2D eigenvalue weighted by atomic mass is 9.70. The summed E-state index contributed by atoms with van der Waals surface area (Å²) in [5, 5.41) is 0. The Morgan fingerprint density at radius 2 is 2.05 bits per heavy atom. The van der Waals surface area contributed by atoms with Gasteiger partial charge in [-0.3, -0.25) is 11.3 Å². The maximum Gasteiger partial charge on any atom is 0.127 e. The second kappa shape index (κ2) is 5.98. The molecule has 1 heterocycles. The summed E-state index contributed by atoms with van der Waals surface area (Å²) in [7, 11) is 0. The molecule has 3 rings (SSSR count). The summed E-state index contributed by atoms with van der Waals surface area (Å²) in [6, 6.07) is 6.75. The van der Waals surface area contributed by atoms with E-state index in [-0.39, 0.29) is 6.04 Å². The van der Waals surface area contributed by atoms with Crippen molar-refractivity contribution in [3.05, 3.63) is 29.3 Å². The Hall–Kier alpha value is -1.06. The molecule has 1 atom stereocenters. The molecule has 1 aliphatic heterocycles. The van der Waals surface area contributed by atoms with Crippen LogP contribution in [-0.2, 0) is 6.42 Å². The zero-order valence-electron chi connectivity index (χ0n) is 13.3. The molecule has 2 aliphatic rings. The fourth-order valence-electron chi connectivity index (χ4n) is 3.89. The number of nitrogens with two attached hydrogens (primary N) is 1. The predicted octanol–water partition coefficient (Wildman–Crippen LogP) is 3.73. The molecule has 0 aromatic heterocycles. The number of hydrazine groups is 1. The first-order valence-corrected chi connectivity index (χ1v) is 8.31. The summed E-state index contributed by atoms with van der Waals surface area (Å²) >= 11 is 0. The van der Waals surface area contributed by atoms with E-state index in [1.54, 1.807) is 0 Å². The van der Waals surface area contributed by atoms with Crippen molar-refractivity contribution in [2.75, 3.05) is 6.61 Å². The van der Waals surface area contributed by atoms with Crippen molar-refractivity contribution < 1.29 is 4.74 Å². The van der Waals surface area contributed by atoms with Crippen LogP contribution in [0, 0.1) is 11.3 Å². The highest BCUT2D eigenvalue weighted by Crippen LogP contribution is 2.45. The van der Waals surface area contributed by atoms with Crippen molar-refractivity contribution in [1.82, 2.24) is 5.43 Å². The molecule has 0 amide bonds. The monoisotopic (exact) mass is 288 g/mol. The molecule has 3 heteroatoms. The first-order valence-electron chi connectivity index (χ1n) is 8.31. The molecule has 1 fully saturated rings. The Bertz CT molecular complexity index is 488. The van der Waals surface area contributed by atoms with E-state index in [4.69, 9.17) is 10.6 Å². The smallest absolute Gasteiger partial charge is 0.127 e. The van der Waals surface area contributed by atoms with E-state index >= 15 is 0 Å². The summed E-state index contributed by atoms with van der Waals surface area (Å²) in [4.78, 5) is 0. The van der Waals surface area contributed by atoms with Gasteiger partial charge in [0.25, 0.3) is 0 Å². The molecule has 0 spiro atoms. The molecule has 1 unspecified atom stereocenters. The zero-order valence-corrected chi connectivity index (χ0v) is 13.3. The van der Waals surface area contributed by atoms with E-state index in [1.807, 2.05) is 0 Å². The number of hydrogen-bond donors (Lipinski definition) is 2. The Balaban J connectivity index is 1.84. The van der Waals surface area contributed by atoms with Gasteiger partial charge in [-0.15, -0.1) is 0 Å². The summed E-state index contributed by atoms with van der Waals surface area (Å²) in [6.07, 6.45) is 7.29. The summed E-state index contributed by atoms with van der Waals surface area (Å²) in [6.45, 7) is 5.59. The van der Waals surface area contributed by atoms with Gasteiger partial charge < -0.3 is 4.74 Å². The van der Waals surface area contributed by atoms with Crippen LogP contribution in [0.25, 0.3) is 0 Å². The van der Waals surface area contributed by atoms with Crippen molar-refractivity contribution >= 4 is 0 Å². The van der Waals surface area contributed by atoms with E-state index in [0.717, 1.165) is 25.2 Å². The van der Waals surface area contributed by atoms with Gasteiger partial charge in [0.15, 0.2) is 0 Å². The fraction of sp³-hybridized carbons (Fsp3) is 0.667. The number of fused-ring (bicyclic) bond motifs is 1. The number of rotatable bonds is 3. The molecular formula is C18H28N2O. The first-order chi connectivity index (χ1) is 10.1. The van der Waals surface area contributed by atoms with Gasteiger partial charge in [-0.1, -0.05) is 32.0 Å². The summed E-state index contributed by atoms with van der Waals surface area (Å²) < 4.78 is 5.97. The quantitative estimate of drug-likeness (QED) is 0.658. The zero-order chi connectivity index (χ0) is 14.9. The van der Waals surface area contributed by atoms with Crippen molar-refractivity contribution in [2.24, 2.45) is 17.2 Å². The highest BCUT2D eigenvalue weighted by atomic mass is 16.5. The lowest BCUT2D eigenvalue weighted by molar-refractivity contribution is 0.159.